The Bertz CT molecular complexity index is 568. The van der Waals surface area contributed by atoms with Gasteiger partial charge < -0.3 is 9.05 Å². The summed E-state index contributed by atoms with van der Waals surface area (Å²) in [5, 5.41) is 19.1. The molecule has 0 aliphatic heterocycles. The molecule has 0 aliphatic rings. The monoisotopic (exact) mass is 326 g/mol. The van der Waals surface area contributed by atoms with E-state index in [2.05, 4.69) is 6.07 Å². The molecule has 1 atom stereocenters. The van der Waals surface area contributed by atoms with E-state index in [0.29, 0.717) is 12.8 Å². The molecular weight excluding hydrogens is 307 g/mol. The number of rotatable bonds is 10. The molecule has 8 heteroatoms. The van der Waals surface area contributed by atoms with Gasteiger partial charge in [-0.15, -0.1) is 0 Å². The molecule has 0 heterocycles. The number of nitriles is 1. The smallest absolute Gasteiger partial charge is 0.379 e. The van der Waals surface area contributed by atoms with Crippen LogP contribution in [-0.2, 0) is 9.09 Å². The molecule has 0 aliphatic carbocycles. The first-order valence-corrected chi connectivity index (χ1v) is 8.78. The van der Waals surface area contributed by atoms with Gasteiger partial charge in [-0.1, -0.05) is 6.42 Å². The molecule has 1 aromatic rings. The first kappa shape index (κ1) is 18.1. The van der Waals surface area contributed by atoms with E-state index in [-0.39, 0.29) is 24.2 Å². The second-order valence-electron chi connectivity index (χ2n) is 4.56. The maximum Gasteiger partial charge on any atom is 0.379 e. The SMILES string of the molecule is CCOP(=O)(CCCCCC#N)Oc1ccc([N+](=O)[O-])cc1. The lowest BCUT2D eigenvalue weighted by Gasteiger charge is -2.18. The molecule has 0 radical (unpaired) electrons. The highest BCUT2D eigenvalue weighted by Gasteiger charge is 2.25. The van der Waals surface area contributed by atoms with Crippen molar-refractivity contribution in [1.82, 2.24) is 0 Å². The minimum atomic E-state index is -3.28. The summed E-state index contributed by atoms with van der Waals surface area (Å²) in [6, 6.07) is 7.44. The maximum absolute atomic E-state index is 12.6. The topological polar surface area (TPSA) is 102 Å². The number of hydrogen-bond donors (Lipinski definition) is 0. The van der Waals surface area contributed by atoms with Gasteiger partial charge in [0.1, 0.15) is 5.75 Å². The molecule has 0 spiro atoms. The van der Waals surface area contributed by atoms with E-state index in [9.17, 15) is 14.7 Å². The first-order chi connectivity index (χ1) is 10.5. The zero-order valence-corrected chi connectivity index (χ0v) is 13.3. The fraction of sp³-hybridized carbons (Fsp3) is 0.500. The summed E-state index contributed by atoms with van der Waals surface area (Å²) in [6.45, 7) is 1.98. The molecule has 0 bridgehead atoms. The minimum absolute atomic E-state index is 0.0601. The van der Waals surface area contributed by atoms with Gasteiger partial charge in [0.05, 0.1) is 23.8 Å². The minimum Gasteiger partial charge on any atom is -0.424 e. The molecular formula is C14H19N2O5P. The lowest BCUT2D eigenvalue weighted by atomic mass is 10.2. The number of nitro groups is 1. The van der Waals surface area contributed by atoms with Crippen molar-refractivity contribution in [2.75, 3.05) is 12.8 Å². The Kier molecular flexibility index (Phi) is 7.58. The zero-order valence-electron chi connectivity index (χ0n) is 12.4. The van der Waals surface area contributed by atoms with Gasteiger partial charge in [0.2, 0.25) is 0 Å². The Morgan fingerprint density at radius 1 is 1.27 bits per heavy atom. The molecule has 0 N–H and O–H groups in total. The van der Waals surface area contributed by atoms with Crippen molar-refractivity contribution in [2.45, 2.75) is 32.6 Å². The Morgan fingerprint density at radius 3 is 2.50 bits per heavy atom. The quantitative estimate of drug-likeness (QED) is 0.275. The van der Waals surface area contributed by atoms with Gasteiger partial charge in [-0.05, 0) is 31.9 Å². The van der Waals surface area contributed by atoms with Crippen LogP contribution in [0.15, 0.2) is 24.3 Å². The summed E-state index contributed by atoms with van der Waals surface area (Å²) in [5.41, 5.74) is -0.0601. The number of unbranched alkanes of at least 4 members (excludes halogenated alkanes) is 3. The van der Waals surface area contributed by atoms with Gasteiger partial charge >= 0.3 is 7.60 Å². The second-order valence-corrected chi connectivity index (χ2v) is 6.67. The summed E-state index contributed by atoms with van der Waals surface area (Å²) in [7, 11) is -3.28. The van der Waals surface area contributed by atoms with Crippen LogP contribution in [0.3, 0.4) is 0 Å². The van der Waals surface area contributed by atoms with Crippen LogP contribution in [0, 0.1) is 21.4 Å². The summed E-state index contributed by atoms with van der Waals surface area (Å²) in [6.07, 6.45) is 2.88. The highest BCUT2D eigenvalue weighted by Crippen LogP contribution is 2.49. The van der Waals surface area contributed by atoms with E-state index in [1.807, 2.05) is 0 Å². The van der Waals surface area contributed by atoms with E-state index >= 15 is 0 Å². The number of nitrogens with zero attached hydrogens (tertiary/aromatic N) is 2. The van der Waals surface area contributed by atoms with E-state index < -0.39 is 12.5 Å². The molecule has 0 aromatic heterocycles. The molecule has 0 fully saturated rings. The Labute approximate surface area is 129 Å². The molecule has 120 valence electrons. The average Bonchev–Trinajstić information content (AvgIpc) is 2.48. The summed E-state index contributed by atoms with van der Waals surface area (Å²) >= 11 is 0. The molecule has 0 saturated carbocycles. The van der Waals surface area contributed by atoms with Crippen molar-refractivity contribution >= 4 is 13.3 Å². The summed E-state index contributed by atoms with van der Waals surface area (Å²) < 4.78 is 23.3. The van der Waals surface area contributed by atoms with Crippen molar-refractivity contribution < 1.29 is 18.5 Å². The van der Waals surface area contributed by atoms with Gasteiger partial charge in [-0.3, -0.25) is 10.1 Å². The second kappa shape index (κ2) is 9.19. The molecule has 1 unspecified atom stereocenters. The van der Waals surface area contributed by atoms with Gasteiger partial charge in [-0.25, -0.2) is 4.57 Å². The third-order valence-corrected chi connectivity index (χ3v) is 4.84. The van der Waals surface area contributed by atoms with Crippen LogP contribution in [0.1, 0.15) is 32.6 Å². The number of nitro benzene ring substituents is 1. The van der Waals surface area contributed by atoms with Crippen molar-refractivity contribution in [3.05, 3.63) is 34.4 Å². The molecule has 1 rings (SSSR count). The van der Waals surface area contributed by atoms with Crippen LogP contribution >= 0.6 is 7.60 Å². The lowest BCUT2D eigenvalue weighted by Crippen LogP contribution is -2.03. The van der Waals surface area contributed by atoms with Gasteiger partial charge in [0.25, 0.3) is 5.69 Å². The molecule has 1 aromatic carbocycles. The number of non-ortho nitro benzene ring substituents is 1. The van der Waals surface area contributed by atoms with Gasteiger partial charge in [0, 0.05) is 18.6 Å². The largest absolute Gasteiger partial charge is 0.424 e. The molecule has 22 heavy (non-hydrogen) atoms. The predicted octanol–water partition coefficient (Wildman–Crippen LogP) is 4.29. The van der Waals surface area contributed by atoms with Crippen molar-refractivity contribution in [2.24, 2.45) is 0 Å². The van der Waals surface area contributed by atoms with Crippen molar-refractivity contribution in [1.29, 1.82) is 5.26 Å². The Morgan fingerprint density at radius 2 is 1.95 bits per heavy atom. The Hall–Kier alpha value is -1.90. The van der Waals surface area contributed by atoms with Crippen LogP contribution in [0.5, 0.6) is 5.75 Å². The highest BCUT2D eigenvalue weighted by molar-refractivity contribution is 7.54. The molecule has 7 nitrogen and oxygen atoms in total. The van der Waals surface area contributed by atoms with E-state index in [0.717, 1.165) is 12.8 Å². The standard InChI is InChI=1S/C14H19N2O5P/c1-2-20-22(19,12-6-4-3-5-11-15)21-14-9-7-13(8-10-14)16(17)18/h7-10H,2-6,12H2,1H3. The van der Waals surface area contributed by atoms with Crippen LogP contribution in [0.4, 0.5) is 5.69 Å². The third-order valence-electron chi connectivity index (χ3n) is 2.84. The van der Waals surface area contributed by atoms with Crippen molar-refractivity contribution in [3.63, 3.8) is 0 Å². The maximum atomic E-state index is 12.6. The van der Waals surface area contributed by atoms with Crippen LogP contribution in [0.25, 0.3) is 0 Å². The third kappa shape index (κ3) is 6.25. The van der Waals surface area contributed by atoms with Crippen LogP contribution in [0.2, 0.25) is 0 Å². The van der Waals surface area contributed by atoms with E-state index in [1.165, 1.54) is 24.3 Å². The number of hydrogen-bond acceptors (Lipinski definition) is 6. The van der Waals surface area contributed by atoms with Crippen LogP contribution in [-0.4, -0.2) is 17.7 Å². The van der Waals surface area contributed by atoms with Gasteiger partial charge in [0.15, 0.2) is 0 Å². The first-order valence-electron chi connectivity index (χ1n) is 7.05. The van der Waals surface area contributed by atoms with Crippen molar-refractivity contribution in [3.8, 4) is 11.8 Å². The number of benzene rings is 1. The average molecular weight is 326 g/mol. The van der Waals surface area contributed by atoms with E-state index in [4.69, 9.17) is 14.3 Å². The normalized spacial score (nSPS) is 13.1. The molecule has 0 amide bonds. The summed E-state index contributed by atoms with van der Waals surface area (Å²) in [4.78, 5) is 10.1. The zero-order chi connectivity index (χ0) is 16.4. The fourth-order valence-electron chi connectivity index (χ4n) is 1.81. The van der Waals surface area contributed by atoms with Gasteiger partial charge in [-0.2, -0.15) is 5.26 Å². The summed E-state index contributed by atoms with van der Waals surface area (Å²) in [5.74, 6) is 0.277. The lowest BCUT2D eigenvalue weighted by molar-refractivity contribution is -0.384. The highest BCUT2D eigenvalue weighted by atomic mass is 31.2. The molecule has 0 saturated heterocycles. The predicted molar refractivity (Wildman–Crippen MR) is 81.9 cm³/mol. The van der Waals surface area contributed by atoms with E-state index in [1.54, 1.807) is 6.92 Å². The Balaban J connectivity index is 2.63. The fourth-order valence-corrected chi connectivity index (χ4v) is 3.53. The van der Waals surface area contributed by atoms with Crippen LogP contribution < -0.4 is 4.52 Å².